The molecule has 1 aliphatic rings. The molecule has 0 atom stereocenters. The smallest absolute Gasteiger partial charge is 0.263 e. The molecule has 1 aromatic carbocycles. The van der Waals surface area contributed by atoms with Crippen molar-refractivity contribution in [1.29, 1.82) is 0 Å². The molecule has 8 heteroatoms. The van der Waals surface area contributed by atoms with E-state index in [1.54, 1.807) is 22.0 Å². The Balaban J connectivity index is 1.58. The molecular formula is C20H18BrN3O2S2. The first-order chi connectivity index (χ1) is 13.6. The number of hydrogen-bond donors (Lipinski definition) is 1. The fourth-order valence-electron chi connectivity index (χ4n) is 3.32. The van der Waals surface area contributed by atoms with E-state index < -0.39 is 0 Å². The third-order valence-electron chi connectivity index (χ3n) is 4.56. The number of thiophene rings is 1. The molecule has 1 N–H and O–H groups in total. The third kappa shape index (κ3) is 3.81. The molecule has 0 unspecified atom stereocenters. The minimum atomic E-state index is -0.138. The average Bonchev–Trinajstić information content (AvgIpc) is 3.25. The zero-order valence-electron chi connectivity index (χ0n) is 15.0. The van der Waals surface area contributed by atoms with Crippen LogP contribution in [0.2, 0.25) is 0 Å². The van der Waals surface area contributed by atoms with Crippen molar-refractivity contribution in [2.24, 2.45) is 0 Å². The summed E-state index contributed by atoms with van der Waals surface area (Å²) in [5.74, 6) is 0.0384. The maximum atomic E-state index is 13.1. The number of nitrogens with one attached hydrogen (secondary N) is 1. The number of nitrogens with zero attached hydrogens (tertiary/aromatic N) is 2. The standard InChI is InChI=1S/C20H18BrN3O2S2/c1-2-10-24-19(26)17-14-4-3-5-15(14)28-18(17)23-20(24)27-11-16(25)22-13-8-6-12(21)7-9-13/h2,6-9H,1,3-5,10-11H2,(H,22,25). The molecule has 28 heavy (non-hydrogen) atoms. The average molecular weight is 476 g/mol. The summed E-state index contributed by atoms with van der Waals surface area (Å²) in [5.41, 5.74) is 1.87. The molecule has 0 saturated heterocycles. The third-order valence-corrected chi connectivity index (χ3v) is 7.25. The molecule has 2 heterocycles. The van der Waals surface area contributed by atoms with E-state index in [9.17, 15) is 9.59 Å². The van der Waals surface area contributed by atoms with Crippen LogP contribution in [0.3, 0.4) is 0 Å². The number of carbonyl (C=O) groups is 1. The van der Waals surface area contributed by atoms with Gasteiger partial charge in [-0.05, 0) is 49.1 Å². The van der Waals surface area contributed by atoms with Gasteiger partial charge in [0.05, 0.1) is 11.1 Å². The lowest BCUT2D eigenvalue weighted by molar-refractivity contribution is -0.113. The van der Waals surface area contributed by atoms with E-state index >= 15 is 0 Å². The van der Waals surface area contributed by atoms with Crippen LogP contribution in [-0.2, 0) is 24.2 Å². The number of halogens is 1. The number of benzene rings is 1. The molecule has 2 aromatic heterocycles. The minimum Gasteiger partial charge on any atom is -0.325 e. The summed E-state index contributed by atoms with van der Waals surface area (Å²) >= 11 is 6.26. The molecular weight excluding hydrogens is 458 g/mol. The minimum absolute atomic E-state index is 0.0277. The van der Waals surface area contributed by atoms with Crippen LogP contribution in [0.25, 0.3) is 10.2 Å². The number of anilines is 1. The molecule has 0 spiro atoms. The maximum Gasteiger partial charge on any atom is 0.263 e. The van der Waals surface area contributed by atoms with E-state index in [4.69, 9.17) is 4.98 Å². The zero-order valence-corrected chi connectivity index (χ0v) is 18.3. The van der Waals surface area contributed by atoms with E-state index in [1.165, 1.54) is 22.2 Å². The van der Waals surface area contributed by atoms with Crippen LogP contribution in [0, 0.1) is 0 Å². The van der Waals surface area contributed by atoms with E-state index in [0.717, 1.165) is 39.6 Å². The predicted octanol–water partition coefficient (Wildman–Crippen LogP) is 4.63. The zero-order chi connectivity index (χ0) is 19.7. The Hall–Kier alpha value is -1.90. The van der Waals surface area contributed by atoms with Crippen LogP contribution in [0.5, 0.6) is 0 Å². The summed E-state index contributed by atoms with van der Waals surface area (Å²) in [5, 5.41) is 4.17. The second-order valence-electron chi connectivity index (χ2n) is 6.48. The van der Waals surface area contributed by atoms with Crippen molar-refractivity contribution < 1.29 is 4.79 Å². The first-order valence-electron chi connectivity index (χ1n) is 8.91. The highest BCUT2D eigenvalue weighted by Gasteiger charge is 2.23. The molecule has 0 radical (unpaired) electrons. The number of allylic oxidation sites excluding steroid dienone is 1. The first-order valence-corrected chi connectivity index (χ1v) is 11.5. The van der Waals surface area contributed by atoms with Crippen molar-refractivity contribution in [3.8, 4) is 0 Å². The largest absolute Gasteiger partial charge is 0.325 e. The van der Waals surface area contributed by atoms with E-state index in [1.807, 2.05) is 24.3 Å². The second-order valence-corrected chi connectivity index (χ2v) is 9.42. The van der Waals surface area contributed by atoms with Crippen molar-refractivity contribution >= 4 is 60.8 Å². The van der Waals surface area contributed by atoms with Crippen LogP contribution in [0.4, 0.5) is 5.69 Å². The first kappa shape index (κ1) is 19.4. The van der Waals surface area contributed by atoms with Gasteiger partial charge >= 0.3 is 0 Å². The highest BCUT2D eigenvalue weighted by molar-refractivity contribution is 9.10. The van der Waals surface area contributed by atoms with Gasteiger partial charge in [0.15, 0.2) is 5.16 Å². The highest BCUT2D eigenvalue weighted by atomic mass is 79.9. The molecule has 144 valence electrons. The van der Waals surface area contributed by atoms with E-state index in [2.05, 4.69) is 27.8 Å². The predicted molar refractivity (Wildman–Crippen MR) is 120 cm³/mol. The van der Waals surface area contributed by atoms with Crippen LogP contribution >= 0.6 is 39.0 Å². The number of rotatable bonds is 6. The van der Waals surface area contributed by atoms with Crippen molar-refractivity contribution in [3.63, 3.8) is 0 Å². The second kappa shape index (κ2) is 8.23. The van der Waals surface area contributed by atoms with Gasteiger partial charge in [-0.15, -0.1) is 17.9 Å². The number of aromatic nitrogens is 2. The molecule has 0 saturated carbocycles. The Bertz CT molecular complexity index is 1120. The van der Waals surface area contributed by atoms with Gasteiger partial charge in [0.1, 0.15) is 4.83 Å². The van der Waals surface area contributed by atoms with E-state index in [-0.39, 0.29) is 17.2 Å². The van der Waals surface area contributed by atoms with Gasteiger partial charge in [-0.25, -0.2) is 4.98 Å². The topological polar surface area (TPSA) is 64.0 Å². The molecule has 5 nitrogen and oxygen atoms in total. The summed E-state index contributed by atoms with van der Waals surface area (Å²) in [6.07, 6.45) is 4.76. The number of aryl methyl sites for hydroxylation is 2. The molecule has 4 rings (SSSR count). The SMILES string of the molecule is C=CCn1c(SCC(=O)Nc2ccc(Br)cc2)nc2sc3c(c2c1=O)CCC3. The van der Waals surface area contributed by atoms with Gasteiger partial charge in [0, 0.05) is 21.6 Å². The number of hydrogen-bond acceptors (Lipinski definition) is 5. The molecule has 0 aliphatic heterocycles. The molecule has 1 amide bonds. The quantitative estimate of drug-likeness (QED) is 0.320. The summed E-state index contributed by atoms with van der Waals surface area (Å²) in [6.45, 7) is 4.14. The Morgan fingerprint density at radius 3 is 2.89 bits per heavy atom. The van der Waals surface area contributed by atoms with Crippen molar-refractivity contribution in [1.82, 2.24) is 9.55 Å². The fourth-order valence-corrected chi connectivity index (χ4v) is 5.69. The van der Waals surface area contributed by atoms with Crippen molar-refractivity contribution in [2.45, 2.75) is 31.0 Å². The highest BCUT2D eigenvalue weighted by Crippen LogP contribution is 2.35. The van der Waals surface area contributed by atoms with Crippen LogP contribution in [0.1, 0.15) is 16.9 Å². The molecule has 3 aromatic rings. The summed E-state index contributed by atoms with van der Waals surface area (Å²) in [6, 6.07) is 7.40. The van der Waals surface area contributed by atoms with Crippen LogP contribution < -0.4 is 10.9 Å². The normalized spacial score (nSPS) is 12.9. The van der Waals surface area contributed by atoms with Gasteiger partial charge in [-0.2, -0.15) is 0 Å². The van der Waals surface area contributed by atoms with Gasteiger partial charge < -0.3 is 5.32 Å². The van der Waals surface area contributed by atoms with Crippen molar-refractivity contribution in [3.05, 3.63) is 62.2 Å². The van der Waals surface area contributed by atoms with Gasteiger partial charge in [-0.1, -0.05) is 33.8 Å². The lowest BCUT2D eigenvalue weighted by atomic mass is 10.2. The lowest BCUT2D eigenvalue weighted by Crippen LogP contribution is -2.23. The van der Waals surface area contributed by atoms with Gasteiger partial charge in [0.25, 0.3) is 5.56 Å². The Kier molecular flexibility index (Phi) is 5.70. The number of carbonyl (C=O) groups excluding carboxylic acids is 1. The van der Waals surface area contributed by atoms with Crippen LogP contribution in [0.15, 0.2) is 51.3 Å². The summed E-state index contributed by atoms with van der Waals surface area (Å²) in [4.78, 5) is 32.2. The van der Waals surface area contributed by atoms with E-state index in [0.29, 0.717) is 11.7 Å². The molecule has 0 bridgehead atoms. The van der Waals surface area contributed by atoms with Crippen molar-refractivity contribution in [2.75, 3.05) is 11.1 Å². The Morgan fingerprint density at radius 1 is 1.36 bits per heavy atom. The lowest BCUT2D eigenvalue weighted by Gasteiger charge is -2.11. The number of amides is 1. The summed E-state index contributed by atoms with van der Waals surface area (Å²) in [7, 11) is 0. The maximum absolute atomic E-state index is 13.1. The monoisotopic (exact) mass is 475 g/mol. The number of fused-ring (bicyclic) bond motifs is 3. The van der Waals surface area contributed by atoms with Gasteiger partial charge in [-0.3, -0.25) is 14.2 Å². The van der Waals surface area contributed by atoms with Crippen LogP contribution in [-0.4, -0.2) is 21.2 Å². The summed E-state index contributed by atoms with van der Waals surface area (Å²) < 4.78 is 2.58. The fraction of sp³-hybridized carbons (Fsp3) is 0.250. The molecule has 0 fully saturated rings. The number of thioether (sulfide) groups is 1. The van der Waals surface area contributed by atoms with Gasteiger partial charge in [0.2, 0.25) is 5.91 Å². The Labute approximate surface area is 179 Å². The molecule has 1 aliphatic carbocycles. The Morgan fingerprint density at radius 2 is 2.14 bits per heavy atom.